The number of primary sulfonamides is 1. The summed E-state index contributed by atoms with van der Waals surface area (Å²) in [6, 6.07) is 8.31. The fourth-order valence-electron chi connectivity index (χ4n) is 2.07. The Morgan fingerprint density at radius 2 is 1.32 bits per heavy atom. The molecule has 0 bridgehead atoms. The largest absolute Gasteiger partial charge is 0.399 e. The molecule has 0 aliphatic heterocycles. The van der Waals surface area contributed by atoms with E-state index in [4.69, 9.17) is 10.9 Å². The van der Waals surface area contributed by atoms with Crippen molar-refractivity contribution in [3.05, 3.63) is 47.5 Å². The van der Waals surface area contributed by atoms with Gasteiger partial charge in [0.15, 0.2) is 0 Å². The molecule has 0 heterocycles. The van der Waals surface area contributed by atoms with Gasteiger partial charge in [0.05, 0.1) is 14.7 Å². The summed E-state index contributed by atoms with van der Waals surface area (Å²) < 4.78 is 48.5. The van der Waals surface area contributed by atoms with E-state index in [1.165, 1.54) is 18.2 Å². The van der Waals surface area contributed by atoms with E-state index in [-0.39, 0.29) is 14.7 Å². The maximum absolute atomic E-state index is 12.8. The smallest absolute Gasteiger partial charge is 0.238 e. The van der Waals surface area contributed by atoms with Gasteiger partial charge in [-0.25, -0.2) is 22.0 Å². The Morgan fingerprint density at radius 3 is 1.86 bits per heavy atom. The highest BCUT2D eigenvalue weighted by molar-refractivity contribution is 7.91. The van der Waals surface area contributed by atoms with Crippen molar-refractivity contribution in [3.63, 3.8) is 0 Å². The number of rotatable bonds is 3. The molecule has 0 atom stereocenters. The predicted molar refractivity (Wildman–Crippen MR) is 83.6 cm³/mol. The molecule has 0 saturated heterocycles. The first-order valence-electron chi connectivity index (χ1n) is 6.28. The van der Waals surface area contributed by atoms with Crippen LogP contribution in [0.1, 0.15) is 11.1 Å². The Morgan fingerprint density at radius 1 is 0.818 bits per heavy atom. The molecule has 2 rings (SSSR count). The zero-order valence-electron chi connectivity index (χ0n) is 12.1. The Bertz CT molecular complexity index is 949. The van der Waals surface area contributed by atoms with Crippen molar-refractivity contribution >= 4 is 25.5 Å². The normalized spacial score (nSPS) is 12.3. The summed E-state index contributed by atoms with van der Waals surface area (Å²) in [4.78, 5) is -0.312. The number of aryl methyl sites for hydroxylation is 2. The molecule has 4 N–H and O–H groups in total. The lowest BCUT2D eigenvalue weighted by molar-refractivity contribution is 0.594. The zero-order valence-corrected chi connectivity index (χ0v) is 13.7. The van der Waals surface area contributed by atoms with Gasteiger partial charge < -0.3 is 5.73 Å². The van der Waals surface area contributed by atoms with Crippen LogP contribution in [0.4, 0.5) is 5.69 Å². The first-order chi connectivity index (χ1) is 10.0. The van der Waals surface area contributed by atoms with Gasteiger partial charge in [-0.1, -0.05) is 12.1 Å². The van der Waals surface area contributed by atoms with E-state index in [1.807, 2.05) is 0 Å². The molecule has 6 nitrogen and oxygen atoms in total. The minimum Gasteiger partial charge on any atom is -0.399 e. The highest BCUT2D eigenvalue weighted by atomic mass is 32.2. The molecule has 0 aliphatic rings. The number of hydrogen-bond acceptors (Lipinski definition) is 5. The average molecular weight is 340 g/mol. The molecule has 0 aliphatic carbocycles. The third kappa shape index (κ3) is 2.99. The van der Waals surface area contributed by atoms with Crippen LogP contribution in [0.2, 0.25) is 0 Å². The second-order valence-corrected chi connectivity index (χ2v) is 8.45. The van der Waals surface area contributed by atoms with Crippen molar-refractivity contribution in [3.8, 4) is 0 Å². The van der Waals surface area contributed by atoms with Gasteiger partial charge in [0.25, 0.3) is 0 Å². The van der Waals surface area contributed by atoms with Crippen LogP contribution in [-0.4, -0.2) is 16.8 Å². The highest BCUT2D eigenvalue weighted by Crippen LogP contribution is 2.29. The molecule has 0 saturated carbocycles. The number of hydrogen-bond donors (Lipinski definition) is 2. The number of nitrogens with two attached hydrogens (primary N) is 2. The summed E-state index contributed by atoms with van der Waals surface area (Å²) >= 11 is 0. The van der Waals surface area contributed by atoms with Crippen LogP contribution in [-0.2, 0) is 19.9 Å². The number of anilines is 1. The SMILES string of the molecule is Cc1ccc(N)cc1S(=O)(=O)c1cc(S(N)(=O)=O)ccc1C. The topological polar surface area (TPSA) is 120 Å². The fraction of sp³-hybridized carbons (Fsp3) is 0.143. The molecule has 2 aromatic carbocycles. The van der Waals surface area contributed by atoms with Gasteiger partial charge in [-0.05, 0) is 49.2 Å². The summed E-state index contributed by atoms with van der Waals surface area (Å²) in [5, 5.41) is 5.07. The molecule has 0 unspecified atom stereocenters. The maximum atomic E-state index is 12.8. The highest BCUT2D eigenvalue weighted by Gasteiger charge is 2.24. The lowest BCUT2D eigenvalue weighted by Crippen LogP contribution is -2.14. The van der Waals surface area contributed by atoms with Gasteiger partial charge in [0.2, 0.25) is 19.9 Å². The summed E-state index contributed by atoms with van der Waals surface area (Å²) in [6.45, 7) is 3.23. The predicted octanol–water partition coefficient (Wildman–Crippen LogP) is 1.37. The number of benzene rings is 2. The molecule has 0 amide bonds. The third-order valence-corrected chi connectivity index (χ3v) is 6.23. The molecular formula is C14H16N2O4S2. The van der Waals surface area contributed by atoms with Crippen LogP contribution in [0.3, 0.4) is 0 Å². The van der Waals surface area contributed by atoms with Crippen LogP contribution in [0.15, 0.2) is 51.1 Å². The molecule has 0 spiro atoms. The molecule has 0 fully saturated rings. The van der Waals surface area contributed by atoms with Gasteiger partial charge >= 0.3 is 0 Å². The first-order valence-corrected chi connectivity index (χ1v) is 9.31. The Balaban J connectivity index is 2.77. The molecule has 2 aromatic rings. The number of sulfone groups is 1. The Hall–Kier alpha value is -1.90. The van der Waals surface area contributed by atoms with Crippen molar-refractivity contribution < 1.29 is 16.8 Å². The lowest BCUT2D eigenvalue weighted by Gasteiger charge is -2.12. The first kappa shape index (κ1) is 16.5. The molecule has 22 heavy (non-hydrogen) atoms. The van der Waals surface area contributed by atoms with E-state index < -0.39 is 19.9 Å². The molecule has 0 aromatic heterocycles. The molecule has 8 heteroatoms. The Labute approximate surface area is 129 Å². The monoisotopic (exact) mass is 340 g/mol. The van der Waals surface area contributed by atoms with Gasteiger partial charge in [0.1, 0.15) is 0 Å². The number of nitrogen functional groups attached to an aromatic ring is 1. The number of sulfonamides is 1. The third-order valence-electron chi connectivity index (χ3n) is 3.28. The quantitative estimate of drug-likeness (QED) is 0.817. The summed E-state index contributed by atoms with van der Waals surface area (Å²) in [5.41, 5.74) is 6.92. The van der Waals surface area contributed by atoms with Crippen molar-refractivity contribution in [2.75, 3.05) is 5.73 Å². The second-order valence-electron chi connectivity index (χ2n) is 5.00. The van der Waals surface area contributed by atoms with Crippen molar-refractivity contribution in [2.45, 2.75) is 28.5 Å². The van der Waals surface area contributed by atoms with Crippen LogP contribution >= 0.6 is 0 Å². The van der Waals surface area contributed by atoms with E-state index in [0.717, 1.165) is 6.07 Å². The van der Waals surface area contributed by atoms with E-state index in [1.54, 1.807) is 26.0 Å². The van der Waals surface area contributed by atoms with Gasteiger partial charge in [-0.2, -0.15) is 0 Å². The second kappa shape index (κ2) is 5.38. The summed E-state index contributed by atoms with van der Waals surface area (Å²) in [5.74, 6) is 0. The zero-order chi connectivity index (χ0) is 16.7. The van der Waals surface area contributed by atoms with Crippen LogP contribution in [0.5, 0.6) is 0 Å². The average Bonchev–Trinajstić information content (AvgIpc) is 2.40. The van der Waals surface area contributed by atoms with E-state index >= 15 is 0 Å². The fourth-order valence-corrected chi connectivity index (χ4v) is 4.48. The molecular weight excluding hydrogens is 324 g/mol. The minimum atomic E-state index is -3.99. The van der Waals surface area contributed by atoms with E-state index in [0.29, 0.717) is 16.8 Å². The summed E-state index contributed by atoms with van der Waals surface area (Å²) in [7, 11) is -7.90. The summed E-state index contributed by atoms with van der Waals surface area (Å²) in [6.07, 6.45) is 0. The minimum absolute atomic E-state index is 0.0437. The van der Waals surface area contributed by atoms with Gasteiger partial charge in [0, 0.05) is 5.69 Å². The van der Waals surface area contributed by atoms with Crippen molar-refractivity contribution in [1.29, 1.82) is 0 Å². The standard InChI is InChI=1S/C14H16N2O4S2/c1-9-3-5-11(15)7-13(9)21(17,18)14-8-12(22(16,19)20)6-4-10(14)2/h3-8H,15H2,1-2H3,(H2,16,19,20). The van der Waals surface area contributed by atoms with Crippen molar-refractivity contribution in [2.24, 2.45) is 5.14 Å². The van der Waals surface area contributed by atoms with E-state index in [2.05, 4.69) is 0 Å². The van der Waals surface area contributed by atoms with Crippen LogP contribution in [0.25, 0.3) is 0 Å². The van der Waals surface area contributed by atoms with Crippen LogP contribution < -0.4 is 10.9 Å². The maximum Gasteiger partial charge on any atom is 0.238 e. The van der Waals surface area contributed by atoms with Gasteiger partial charge in [-0.3, -0.25) is 0 Å². The van der Waals surface area contributed by atoms with E-state index in [9.17, 15) is 16.8 Å². The van der Waals surface area contributed by atoms with Gasteiger partial charge in [-0.15, -0.1) is 0 Å². The Kier molecular flexibility index (Phi) is 4.03. The molecule has 118 valence electrons. The molecule has 0 radical (unpaired) electrons. The lowest BCUT2D eigenvalue weighted by atomic mass is 10.2. The van der Waals surface area contributed by atoms with Crippen LogP contribution in [0, 0.1) is 13.8 Å². The van der Waals surface area contributed by atoms with Crippen molar-refractivity contribution in [1.82, 2.24) is 0 Å².